The van der Waals surface area contributed by atoms with E-state index in [1.165, 1.54) is 0 Å². The quantitative estimate of drug-likeness (QED) is 0.802. The first-order valence-electron chi connectivity index (χ1n) is 6.80. The second-order valence-electron chi connectivity index (χ2n) is 5.02. The molecule has 1 heterocycles. The van der Waals surface area contributed by atoms with Gasteiger partial charge in [0.15, 0.2) is 0 Å². The van der Waals surface area contributed by atoms with Crippen molar-refractivity contribution in [3.8, 4) is 5.75 Å². The fourth-order valence-corrected chi connectivity index (χ4v) is 3.17. The van der Waals surface area contributed by atoms with Gasteiger partial charge in [-0.3, -0.25) is 0 Å². The number of methoxy groups -OCH3 is 1. The van der Waals surface area contributed by atoms with Gasteiger partial charge in [-0.05, 0) is 19.1 Å². The number of sulfonamides is 1. The predicted molar refractivity (Wildman–Crippen MR) is 79.0 cm³/mol. The van der Waals surface area contributed by atoms with Crippen LogP contribution in [0.2, 0.25) is 0 Å². The number of rotatable bonds is 7. The predicted octanol–water partition coefficient (Wildman–Crippen LogP) is 0.707. The molecule has 1 aliphatic heterocycles. The highest BCUT2D eigenvalue weighted by Crippen LogP contribution is 2.12. The zero-order valence-electron chi connectivity index (χ0n) is 12.2. The first-order chi connectivity index (χ1) is 10.00. The van der Waals surface area contributed by atoms with Crippen LogP contribution in [0.15, 0.2) is 24.3 Å². The third-order valence-electron chi connectivity index (χ3n) is 3.30. The molecule has 1 N–H and O–H groups in total. The van der Waals surface area contributed by atoms with Gasteiger partial charge in [-0.2, -0.15) is 0 Å². The maximum Gasteiger partial charge on any atom is 0.215 e. The summed E-state index contributed by atoms with van der Waals surface area (Å²) in [6, 6.07) is 7.14. The highest BCUT2D eigenvalue weighted by molar-refractivity contribution is 7.89. The van der Waals surface area contributed by atoms with Crippen molar-refractivity contribution < 1.29 is 22.6 Å². The molecule has 0 amide bonds. The molecule has 7 heteroatoms. The number of hydrogen-bond acceptors (Lipinski definition) is 5. The molecule has 0 radical (unpaired) electrons. The number of hydrogen-bond donors (Lipinski definition) is 1. The second-order valence-corrected chi connectivity index (χ2v) is 6.89. The van der Waals surface area contributed by atoms with Crippen LogP contribution in [0, 0.1) is 6.92 Å². The molecule has 2 rings (SSSR count). The zero-order valence-corrected chi connectivity index (χ0v) is 13.1. The van der Waals surface area contributed by atoms with Gasteiger partial charge in [0.1, 0.15) is 12.4 Å². The van der Waals surface area contributed by atoms with Gasteiger partial charge in [0.25, 0.3) is 0 Å². The van der Waals surface area contributed by atoms with Crippen LogP contribution in [-0.4, -0.2) is 53.2 Å². The van der Waals surface area contributed by atoms with Crippen molar-refractivity contribution in [1.82, 2.24) is 4.72 Å². The average molecular weight is 315 g/mol. The van der Waals surface area contributed by atoms with Gasteiger partial charge in [-0.15, -0.1) is 0 Å². The van der Waals surface area contributed by atoms with Gasteiger partial charge >= 0.3 is 0 Å². The molecule has 0 aliphatic carbocycles. The first kappa shape index (κ1) is 16.2. The standard InChI is InChI=1S/C14H21NO5S/c1-11-3-5-12(6-4-11)20-7-8-21(16,17)15-13-9-19-10-14(13)18-2/h3-6,13-15H,7-10H2,1-2H3/t13-,14-/m0/s1. The number of benzene rings is 1. The van der Waals surface area contributed by atoms with E-state index in [-0.39, 0.29) is 24.5 Å². The van der Waals surface area contributed by atoms with E-state index in [1.54, 1.807) is 7.11 Å². The molecule has 1 aromatic rings. The Hall–Kier alpha value is -1.15. The summed E-state index contributed by atoms with van der Waals surface area (Å²) >= 11 is 0. The number of ether oxygens (including phenoxy) is 3. The maximum atomic E-state index is 12.0. The molecule has 6 nitrogen and oxygen atoms in total. The average Bonchev–Trinajstić information content (AvgIpc) is 2.87. The Labute approximate surface area is 125 Å². The minimum Gasteiger partial charge on any atom is -0.492 e. The lowest BCUT2D eigenvalue weighted by atomic mass is 10.2. The van der Waals surface area contributed by atoms with Crippen molar-refractivity contribution in [1.29, 1.82) is 0 Å². The van der Waals surface area contributed by atoms with Crippen molar-refractivity contribution in [3.05, 3.63) is 29.8 Å². The minimum atomic E-state index is -3.42. The largest absolute Gasteiger partial charge is 0.492 e. The lowest BCUT2D eigenvalue weighted by molar-refractivity contribution is 0.0760. The summed E-state index contributed by atoms with van der Waals surface area (Å²) in [6.07, 6.45) is -0.238. The molecule has 1 aromatic carbocycles. The molecule has 0 aromatic heterocycles. The van der Waals surface area contributed by atoms with E-state index in [1.807, 2.05) is 31.2 Å². The topological polar surface area (TPSA) is 73.9 Å². The highest BCUT2D eigenvalue weighted by atomic mass is 32.2. The van der Waals surface area contributed by atoms with Crippen LogP contribution in [0.3, 0.4) is 0 Å². The summed E-state index contributed by atoms with van der Waals surface area (Å²) in [6.45, 7) is 2.82. The lowest BCUT2D eigenvalue weighted by Crippen LogP contribution is -2.44. The van der Waals surface area contributed by atoms with Gasteiger partial charge in [-0.25, -0.2) is 13.1 Å². The normalized spacial score (nSPS) is 22.4. The van der Waals surface area contributed by atoms with Crippen molar-refractivity contribution in [3.63, 3.8) is 0 Å². The van der Waals surface area contributed by atoms with Gasteiger partial charge < -0.3 is 14.2 Å². The van der Waals surface area contributed by atoms with Crippen LogP contribution >= 0.6 is 0 Å². The van der Waals surface area contributed by atoms with Gasteiger partial charge in [0, 0.05) is 7.11 Å². The Morgan fingerprint density at radius 1 is 1.29 bits per heavy atom. The molecule has 0 bridgehead atoms. The van der Waals surface area contributed by atoms with E-state index in [4.69, 9.17) is 14.2 Å². The second kappa shape index (κ2) is 7.22. The van der Waals surface area contributed by atoms with E-state index in [9.17, 15) is 8.42 Å². The molecule has 1 aliphatic rings. The van der Waals surface area contributed by atoms with Crippen molar-refractivity contribution in [2.24, 2.45) is 0 Å². The minimum absolute atomic E-state index is 0.101. The summed E-state index contributed by atoms with van der Waals surface area (Å²) < 4.78 is 42.4. The Morgan fingerprint density at radius 3 is 2.67 bits per heavy atom. The monoisotopic (exact) mass is 315 g/mol. The summed E-state index contributed by atoms with van der Waals surface area (Å²) in [4.78, 5) is 0. The summed E-state index contributed by atoms with van der Waals surface area (Å²) in [5, 5.41) is 0. The zero-order chi connectivity index (χ0) is 15.3. The third-order valence-corrected chi connectivity index (χ3v) is 4.67. The molecule has 0 spiro atoms. The first-order valence-corrected chi connectivity index (χ1v) is 8.45. The van der Waals surface area contributed by atoms with Crippen LogP contribution in [0.1, 0.15) is 5.56 Å². The van der Waals surface area contributed by atoms with E-state index >= 15 is 0 Å². The maximum absolute atomic E-state index is 12.0. The van der Waals surface area contributed by atoms with Crippen LogP contribution < -0.4 is 9.46 Å². The lowest BCUT2D eigenvalue weighted by Gasteiger charge is -2.17. The fourth-order valence-electron chi connectivity index (χ4n) is 2.07. The van der Waals surface area contributed by atoms with E-state index < -0.39 is 10.0 Å². The number of aryl methyl sites for hydroxylation is 1. The molecule has 21 heavy (non-hydrogen) atoms. The third kappa shape index (κ3) is 4.96. The molecular weight excluding hydrogens is 294 g/mol. The van der Waals surface area contributed by atoms with Crippen molar-refractivity contribution >= 4 is 10.0 Å². The van der Waals surface area contributed by atoms with E-state index in [2.05, 4.69) is 4.72 Å². The molecule has 118 valence electrons. The van der Waals surface area contributed by atoms with Gasteiger partial charge in [0.2, 0.25) is 10.0 Å². The van der Waals surface area contributed by atoms with Crippen LogP contribution in [0.4, 0.5) is 0 Å². The molecule has 1 fully saturated rings. The van der Waals surface area contributed by atoms with Crippen molar-refractivity contribution in [2.45, 2.75) is 19.1 Å². The van der Waals surface area contributed by atoms with E-state index in [0.29, 0.717) is 19.0 Å². The van der Waals surface area contributed by atoms with Crippen molar-refractivity contribution in [2.75, 3.05) is 32.7 Å². The Kier molecular flexibility index (Phi) is 5.58. The Morgan fingerprint density at radius 2 is 2.00 bits per heavy atom. The molecule has 2 atom stereocenters. The summed E-state index contributed by atoms with van der Waals surface area (Å²) in [7, 11) is -1.88. The van der Waals surface area contributed by atoms with Gasteiger partial charge in [-0.1, -0.05) is 17.7 Å². The number of nitrogens with one attached hydrogen (secondary N) is 1. The van der Waals surface area contributed by atoms with E-state index in [0.717, 1.165) is 5.56 Å². The smallest absolute Gasteiger partial charge is 0.215 e. The molecule has 0 saturated carbocycles. The summed E-state index contributed by atoms with van der Waals surface area (Å²) in [5.74, 6) is 0.558. The molecular formula is C14H21NO5S. The fraction of sp³-hybridized carbons (Fsp3) is 0.571. The summed E-state index contributed by atoms with van der Waals surface area (Å²) in [5.41, 5.74) is 1.13. The Balaban J connectivity index is 1.80. The molecule has 1 saturated heterocycles. The highest BCUT2D eigenvalue weighted by Gasteiger charge is 2.31. The van der Waals surface area contributed by atoms with Crippen LogP contribution in [-0.2, 0) is 19.5 Å². The van der Waals surface area contributed by atoms with Gasteiger partial charge in [0.05, 0.1) is 31.1 Å². The Bertz CT molecular complexity index is 543. The van der Waals surface area contributed by atoms with Crippen LogP contribution in [0.5, 0.6) is 5.75 Å². The molecule has 0 unspecified atom stereocenters. The SMILES string of the molecule is CO[C@H]1COC[C@@H]1NS(=O)(=O)CCOc1ccc(C)cc1. The van der Waals surface area contributed by atoms with Crippen LogP contribution in [0.25, 0.3) is 0 Å².